The third-order valence-electron chi connectivity index (χ3n) is 2.20. The van der Waals surface area contributed by atoms with E-state index in [2.05, 4.69) is 19.2 Å². The van der Waals surface area contributed by atoms with Crippen LogP contribution in [0.15, 0.2) is 54.6 Å². The average molecular weight is 286 g/mol. The molecule has 3 N–H and O–H groups in total. The molecule has 0 saturated carbocycles. The molecule has 0 aromatic heterocycles. The number of benzene rings is 2. The van der Waals surface area contributed by atoms with Gasteiger partial charge in [0, 0.05) is 16.9 Å². The molecule has 0 radical (unpaired) electrons. The first-order chi connectivity index (χ1) is 10.2. The zero-order valence-corrected chi connectivity index (χ0v) is 13.4. The lowest BCUT2D eigenvalue weighted by Crippen LogP contribution is -2.11. The van der Waals surface area contributed by atoms with Crippen LogP contribution in [0.4, 0.5) is 11.4 Å². The van der Waals surface area contributed by atoms with Gasteiger partial charge in [-0.3, -0.25) is 4.79 Å². The third kappa shape index (κ3) is 7.78. The molecule has 3 heteroatoms. The Kier molecular flexibility index (Phi) is 10.3. The van der Waals surface area contributed by atoms with Gasteiger partial charge in [0.25, 0.3) is 5.91 Å². The fourth-order valence-corrected chi connectivity index (χ4v) is 1.36. The van der Waals surface area contributed by atoms with Crippen LogP contribution in [0.5, 0.6) is 0 Å². The number of nitrogens with one attached hydrogen (secondary N) is 1. The van der Waals surface area contributed by atoms with Gasteiger partial charge in [-0.1, -0.05) is 52.3 Å². The Morgan fingerprint density at radius 3 is 1.90 bits per heavy atom. The van der Waals surface area contributed by atoms with Crippen molar-refractivity contribution in [3.8, 4) is 0 Å². The highest BCUT2D eigenvalue weighted by atomic mass is 16.1. The van der Waals surface area contributed by atoms with Gasteiger partial charge in [0.15, 0.2) is 0 Å². The standard InChI is InChI=1S/C13H12N2O.C3H8.C2H6/c14-11-8-6-10(7-9-11)13(16)15-12-4-2-1-3-5-12;1-3-2;1-2/h1-9H,14H2,(H,15,16);3H2,1-2H3;1-2H3. The maximum Gasteiger partial charge on any atom is 0.255 e. The molecule has 2 aromatic carbocycles. The Balaban J connectivity index is 0.000000713. The number of amides is 1. The lowest BCUT2D eigenvalue weighted by molar-refractivity contribution is 0.102. The van der Waals surface area contributed by atoms with Gasteiger partial charge in [0.05, 0.1) is 0 Å². The molecule has 0 heterocycles. The fraction of sp³-hybridized carbons (Fsp3) is 0.278. The van der Waals surface area contributed by atoms with Crippen molar-refractivity contribution >= 4 is 17.3 Å². The van der Waals surface area contributed by atoms with Gasteiger partial charge >= 0.3 is 0 Å². The third-order valence-corrected chi connectivity index (χ3v) is 2.20. The smallest absolute Gasteiger partial charge is 0.255 e. The van der Waals surface area contributed by atoms with Gasteiger partial charge in [-0.2, -0.15) is 0 Å². The topological polar surface area (TPSA) is 55.1 Å². The minimum absolute atomic E-state index is 0.133. The predicted molar refractivity (Wildman–Crippen MR) is 92.6 cm³/mol. The van der Waals surface area contributed by atoms with Crippen LogP contribution in [0.2, 0.25) is 0 Å². The minimum atomic E-state index is -0.133. The van der Waals surface area contributed by atoms with E-state index in [0.29, 0.717) is 11.3 Å². The van der Waals surface area contributed by atoms with E-state index in [0.717, 1.165) is 5.69 Å². The van der Waals surface area contributed by atoms with Crippen LogP contribution >= 0.6 is 0 Å². The van der Waals surface area contributed by atoms with Crippen LogP contribution in [-0.2, 0) is 0 Å². The maximum atomic E-state index is 11.8. The molecule has 0 aliphatic carbocycles. The summed E-state index contributed by atoms with van der Waals surface area (Å²) in [6.45, 7) is 8.25. The molecule has 2 rings (SSSR count). The van der Waals surface area contributed by atoms with Gasteiger partial charge < -0.3 is 11.1 Å². The summed E-state index contributed by atoms with van der Waals surface area (Å²) >= 11 is 0. The second-order valence-electron chi connectivity index (χ2n) is 4.15. The quantitative estimate of drug-likeness (QED) is 0.766. The first-order valence-corrected chi connectivity index (χ1v) is 7.39. The summed E-state index contributed by atoms with van der Waals surface area (Å²) < 4.78 is 0. The summed E-state index contributed by atoms with van der Waals surface area (Å²) in [6.07, 6.45) is 1.25. The van der Waals surface area contributed by atoms with Gasteiger partial charge in [-0.25, -0.2) is 0 Å². The largest absolute Gasteiger partial charge is 0.399 e. The number of hydrogen-bond acceptors (Lipinski definition) is 2. The molecule has 0 fully saturated rings. The average Bonchev–Trinajstić information content (AvgIpc) is 2.52. The maximum absolute atomic E-state index is 11.8. The van der Waals surface area contributed by atoms with Crippen molar-refractivity contribution in [2.24, 2.45) is 0 Å². The van der Waals surface area contributed by atoms with Crippen LogP contribution in [0.1, 0.15) is 44.5 Å². The highest BCUT2D eigenvalue weighted by molar-refractivity contribution is 6.04. The number of anilines is 2. The SMILES string of the molecule is CC.CCC.Nc1ccc(C(=O)Nc2ccccc2)cc1. The van der Waals surface area contributed by atoms with E-state index in [1.165, 1.54) is 6.42 Å². The fourth-order valence-electron chi connectivity index (χ4n) is 1.36. The summed E-state index contributed by atoms with van der Waals surface area (Å²) in [5.74, 6) is -0.133. The normalized spacial score (nSPS) is 8.57. The molecular formula is C18H26N2O. The van der Waals surface area contributed by atoms with E-state index in [1.807, 2.05) is 44.2 Å². The summed E-state index contributed by atoms with van der Waals surface area (Å²) in [7, 11) is 0. The molecule has 114 valence electrons. The van der Waals surface area contributed by atoms with Gasteiger partial charge in [-0.15, -0.1) is 0 Å². The van der Waals surface area contributed by atoms with Crippen molar-refractivity contribution in [2.75, 3.05) is 11.1 Å². The van der Waals surface area contributed by atoms with Crippen LogP contribution in [0.25, 0.3) is 0 Å². The number of carbonyl (C=O) groups is 1. The first-order valence-electron chi connectivity index (χ1n) is 7.39. The lowest BCUT2D eigenvalue weighted by atomic mass is 10.2. The van der Waals surface area contributed by atoms with Gasteiger partial charge in [0.2, 0.25) is 0 Å². The van der Waals surface area contributed by atoms with E-state index in [1.54, 1.807) is 24.3 Å². The second kappa shape index (κ2) is 11.5. The Morgan fingerprint density at radius 1 is 0.952 bits per heavy atom. The van der Waals surface area contributed by atoms with Crippen LogP contribution in [0.3, 0.4) is 0 Å². The zero-order valence-electron chi connectivity index (χ0n) is 13.4. The minimum Gasteiger partial charge on any atom is -0.399 e. The van der Waals surface area contributed by atoms with Crippen molar-refractivity contribution < 1.29 is 4.79 Å². The molecular weight excluding hydrogens is 260 g/mol. The Bertz CT molecular complexity index is 492. The van der Waals surface area contributed by atoms with E-state index in [-0.39, 0.29) is 5.91 Å². The highest BCUT2D eigenvalue weighted by Gasteiger charge is 2.04. The highest BCUT2D eigenvalue weighted by Crippen LogP contribution is 2.10. The van der Waals surface area contributed by atoms with E-state index < -0.39 is 0 Å². The molecule has 0 bridgehead atoms. The molecule has 0 aliphatic heterocycles. The molecule has 0 saturated heterocycles. The van der Waals surface area contributed by atoms with E-state index in [4.69, 9.17) is 5.73 Å². The monoisotopic (exact) mass is 286 g/mol. The van der Waals surface area contributed by atoms with Crippen LogP contribution in [-0.4, -0.2) is 5.91 Å². The van der Waals surface area contributed by atoms with Crippen molar-refractivity contribution in [3.05, 3.63) is 60.2 Å². The van der Waals surface area contributed by atoms with Gasteiger partial charge in [0.1, 0.15) is 0 Å². The molecule has 0 spiro atoms. The number of carbonyl (C=O) groups excluding carboxylic acids is 1. The second-order valence-corrected chi connectivity index (χ2v) is 4.15. The molecule has 0 aliphatic rings. The van der Waals surface area contributed by atoms with Crippen molar-refractivity contribution in [1.29, 1.82) is 0 Å². The summed E-state index contributed by atoms with van der Waals surface area (Å²) in [6, 6.07) is 16.2. The molecule has 0 atom stereocenters. The summed E-state index contributed by atoms with van der Waals surface area (Å²) in [5, 5.41) is 2.80. The molecule has 3 nitrogen and oxygen atoms in total. The zero-order chi connectivity index (χ0) is 16.1. The van der Waals surface area contributed by atoms with Crippen molar-refractivity contribution in [1.82, 2.24) is 0 Å². The lowest BCUT2D eigenvalue weighted by Gasteiger charge is -2.04. The van der Waals surface area contributed by atoms with Crippen molar-refractivity contribution in [2.45, 2.75) is 34.1 Å². The number of nitrogens with two attached hydrogens (primary N) is 1. The van der Waals surface area contributed by atoms with E-state index >= 15 is 0 Å². The Morgan fingerprint density at radius 2 is 1.43 bits per heavy atom. The number of para-hydroxylation sites is 1. The molecule has 2 aromatic rings. The first kappa shape index (κ1) is 18.7. The summed E-state index contributed by atoms with van der Waals surface area (Å²) in [5.41, 5.74) is 7.57. The molecule has 1 amide bonds. The van der Waals surface area contributed by atoms with E-state index in [9.17, 15) is 4.79 Å². The molecule has 0 unspecified atom stereocenters. The Labute approximate surface area is 128 Å². The number of rotatable bonds is 2. The number of nitrogen functional groups attached to an aromatic ring is 1. The Hall–Kier alpha value is -2.29. The predicted octanol–water partition coefficient (Wildman–Crippen LogP) is 4.96. The van der Waals surface area contributed by atoms with Crippen LogP contribution < -0.4 is 11.1 Å². The molecule has 21 heavy (non-hydrogen) atoms. The van der Waals surface area contributed by atoms with Crippen molar-refractivity contribution in [3.63, 3.8) is 0 Å². The van der Waals surface area contributed by atoms with Crippen LogP contribution in [0, 0.1) is 0 Å². The summed E-state index contributed by atoms with van der Waals surface area (Å²) in [4.78, 5) is 11.8. The number of hydrogen-bond donors (Lipinski definition) is 2. The van der Waals surface area contributed by atoms with Gasteiger partial charge in [-0.05, 0) is 36.4 Å².